The van der Waals surface area contributed by atoms with Gasteiger partial charge in [-0.1, -0.05) is 31.9 Å². The van der Waals surface area contributed by atoms with E-state index in [-0.39, 0.29) is 28.1 Å². The average Bonchev–Trinajstić information content (AvgIpc) is 3.35. The van der Waals surface area contributed by atoms with Crippen molar-refractivity contribution in [2.24, 2.45) is 0 Å². The summed E-state index contributed by atoms with van der Waals surface area (Å²) in [6, 6.07) is 6.98. The minimum atomic E-state index is -4.83. The number of hydrogen-bond donors (Lipinski definition) is 2. The lowest BCUT2D eigenvalue weighted by Gasteiger charge is -2.19. The number of pyridine rings is 2. The molecule has 0 atom stereocenters. The third-order valence-electron chi connectivity index (χ3n) is 6.41. The topological polar surface area (TPSA) is 102 Å². The van der Waals surface area contributed by atoms with Gasteiger partial charge in [-0.15, -0.1) is 0 Å². The molecule has 0 spiro atoms. The summed E-state index contributed by atoms with van der Waals surface area (Å²) >= 11 is 6.19. The molecule has 1 aromatic carbocycles. The number of nitrogens with zero attached hydrogens (tertiary/aromatic N) is 4. The van der Waals surface area contributed by atoms with Gasteiger partial charge in [0.25, 0.3) is 11.8 Å². The number of amides is 2. The van der Waals surface area contributed by atoms with Crippen molar-refractivity contribution in [3.63, 3.8) is 0 Å². The van der Waals surface area contributed by atoms with E-state index in [1.807, 2.05) is 13.0 Å². The Hall–Kier alpha value is -3.99. The van der Waals surface area contributed by atoms with Crippen molar-refractivity contribution >= 4 is 40.0 Å². The fourth-order valence-corrected chi connectivity index (χ4v) is 4.77. The van der Waals surface area contributed by atoms with E-state index in [9.17, 15) is 22.8 Å². The lowest BCUT2D eigenvalue weighted by atomic mass is 9.96. The second kappa shape index (κ2) is 11.9. The van der Waals surface area contributed by atoms with Gasteiger partial charge in [0.05, 0.1) is 21.8 Å². The van der Waals surface area contributed by atoms with E-state index in [4.69, 9.17) is 16.6 Å². The predicted octanol–water partition coefficient (Wildman–Crippen LogP) is 6.70. The number of nitrogens with one attached hydrogen (secondary N) is 2. The minimum Gasteiger partial charge on any atom is -0.350 e. The molecule has 12 heteroatoms. The molecule has 2 N–H and O–H groups in total. The molecule has 0 saturated carbocycles. The normalized spacial score (nSPS) is 11.8. The van der Waals surface area contributed by atoms with Gasteiger partial charge in [-0.3, -0.25) is 14.6 Å². The van der Waals surface area contributed by atoms with E-state index in [0.29, 0.717) is 29.0 Å². The standard InChI is InChI=1S/C29H30ClF3N6O2/c1-6-9-20-17(7-2)13-18-21(36-20)12-16(5)25(24(18)28(41)35-15(3)4)37-27(40)22-14-23(29(31,32)33)38-39(22)26-19(30)10-8-11-34-26/h8,10-15H,6-7,9H2,1-5H3,(H,35,41)(H,37,40). The molecule has 3 aromatic heterocycles. The Kier molecular flexibility index (Phi) is 8.67. The van der Waals surface area contributed by atoms with Gasteiger partial charge in [0.15, 0.2) is 11.5 Å². The van der Waals surface area contributed by atoms with Gasteiger partial charge in [-0.2, -0.15) is 18.3 Å². The molecular weight excluding hydrogens is 557 g/mol. The molecule has 4 rings (SSSR count). The maximum Gasteiger partial charge on any atom is 0.435 e. The second-order valence-corrected chi connectivity index (χ2v) is 10.3. The van der Waals surface area contributed by atoms with Crippen LogP contribution in [0.3, 0.4) is 0 Å². The lowest BCUT2D eigenvalue weighted by Crippen LogP contribution is -2.31. The first kappa shape index (κ1) is 30.0. The van der Waals surface area contributed by atoms with Gasteiger partial charge < -0.3 is 10.6 Å². The molecule has 0 radical (unpaired) electrons. The zero-order valence-electron chi connectivity index (χ0n) is 23.3. The zero-order chi connectivity index (χ0) is 30.1. The molecule has 41 heavy (non-hydrogen) atoms. The van der Waals surface area contributed by atoms with E-state index in [0.717, 1.165) is 28.8 Å². The fraction of sp³-hybridized carbons (Fsp3) is 0.345. The highest BCUT2D eigenvalue weighted by Gasteiger charge is 2.37. The number of aromatic nitrogens is 4. The van der Waals surface area contributed by atoms with Crippen LogP contribution in [0.2, 0.25) is 5.02 Å². The largest absolute Gasteiger partial charge is 0.435 e. The van der Waals surface area contributed by atoms with Gasteiger partial charge in [0, 0.05) is 29.4 Å². The maximum atomic E-state index is 13.7. The van der Waals surface area contributed by atoms with Crippen molar-refractivity contribution in [1.29, 1.82) is 0 Å². The molecule has 2 amide bonds. The smallest absolute Gasteiger partial charge is 0.350 e. The first-order chi connectivity index (χ1) is 19.3. The van der Waals surface area contributed by atoms with Crippen LogP contribution in [0, 0.1) is 6.92 Å². The Morgan fingerprint density at radius 2 is 1.85 bits per heavy atom. The van der Waals surface area contributed by atoms with Gasteiger partial charge >= 0.3 is 6.18 Å². The fourth-order valence-electron chi connectivity index (χ4n) is 4.57. The molecule has 0 saturated heterocycles. The van der Waals surface area contributed by atoms with Crippen LogP contribution in [0.25, 0.3) is 16.7 Å². The van der Waals surface area contributed by atoms with Gasteiger partial charge in [0.2, 0.25) is 0 Å². The number of anilines is 1. The van der Waals surface area contributed by atoms with Crippen LogP contribution in [-0.2, 0) is 19.0 Å². The molecule has 0 fully saturated rings. The van der Waals surface area contributed by atoms with E-state index >= 15 is 0 Å². The Morgan fingerprint density at radius 1 is 1.12 bits per heavy atom. The third kappa shape index (κ3) is 6.19. The number of hydrogen-bond acceptors (Lipinski definition) is 5. The molecule has 0 aliphatic carbocycles. The number of rotatable bonds is 8. The summed E-state index contributed by atoms with van der Waals surface area (Å²) in [6.07, 6.45) is -1.16. The quantitative estimate of drug-likeness (QED) is 0.239. The van der Waals surface area contributed by atoms with Crippen LogP contribution in [0.4, 0.5) is 18.9 Å². The molecule has 4 aromatic rings. The lowest BCUT2D eigenvalue weighted by molar-refractivity contribution is -0.141. The van der Waals surface area contributed by atoms with Crippen molar-refractivity contribution < 1.29 is 22.8 Å². The van der Waals surface area contributed by atoms with Crippen LogP contribution in [0.5, 0.6) is 0 Å². The van der Waals surface area contributed by atoms with Crippen molar-refractivity contribution in [1.82, 2.24) is 25.1 Å². The summed E-state index contributed by atoms with van der Waals surface area (Å²) in [5, 5.41) is 9.67. The molecule has 0 aliphatic rings. The molecule has 216 valence electrons. The highest BCUT2D eigenvalue weighted by molar-refractivity contribution is 6.32. The molecule has 0 bridgehead atoms. The van der Waals surface area contributed by atoms with Crippen LogP contribution in [0.15, 0.2) is 36.5 Å². The molecule has 3 heterocycles. The maximum absolute atomic E-state index is 13.7. The second-order valence-electron chi connectivity index (χ2n) is 9.92. The molecule has 0 aliphatic heterocycles. The van der Waals surface area contributed by atoms with Crippen LogP contribution >= 0.6 is 11.6 Å². The summed E-state index contributed by atoms with van der Waals surface area (Å²) in [7, 11) is 0. The molecule has 0 unspecified atom stereocenters. The Bertz CT molecular complexity index is 1630. The first-order valence-corrected chi connectivity index (χ1v) is 13.6. The number of fused-ring (bicyclic) bond motifs is 1. The number of aryl methyl sites for hydroxylation is 3. The summed E-state index contributed by atoms with van der Waals surface area (Å²) in [5.41, 5.74) is 1.57. The van der Waals surface area contributed by atoms with Crippen molar-refractivity contribution in [2.45, 2.75) is 66.1 Å². The molecule has 8 nitrogen and oxygen atoms in total. The third-order valence-corrected chi connectivity index (χ3v) is 6.71. The highest BCUT2D eigenvalue weighted by Crippen LogP contribution is 2.34. The van der Waals surface area contributed by atoms with E-state index < -0.39 is 29.4 Å². The van der Waals surface area contributed by atoms with Crippen LogP contribution < -0.4 is 10.6 Å². The SMILES string of the molecule is CCCc1nc2cc(C)c(NC(=O)c3cc(C(F)(F)F)nn3-c3ncccc3Cl)c(C(=O)NC(C)C)c2cc1CC. The van der Waals surface area contributed by atoms with E-state index in [2.05, 4.69) is 27.6 Å². The first-order valence-electron chi connectivity index (χ1n) is 13.2. The van der Waals surface area contributed by atoms with Gasteiger partial charge in [-0.05, 0) is 69.0 Å². The van der Waals surface area contributed by atoms with Crippen molar-refractivity contribution in [3.8, 4) is 5.82 Å². The number of halogens is 4. The number of alkyl halides is 3. The summed E-state index contributed by atoms with van der Waals surface area (Å²) < 4.78 is 41.7. The summed E-state index contributed by atoms with van der Waals surface area (Å²) in [4.78, 5) is 36.1. The highest BCUT2D eigenvalue weighted by atomic mass is 35.5. The van der Waals surface area contributed by atoms with E-state index in [1.54, 1.807) is 26.8 Å². The average molecular weight is 587 g/mol. The number of carbonyl (C=O) groups excluding carboxylic acids is 2. The van der Waals surface area contributed by atoms with Gasteiger partial charge in [-0.25, -0.2) is 9.67 Å². The minimum absolute atomic E-state index is 0.00156. The van der Waals surface area contributed by atoms with Gasteiger partial charge in [0.1, 0.15) is 5.69 Å². The Morgan fingerprint density at radius 3 is 2.46 bits per heavy atom. The molecular formula is C29H30ClF3N6O2. The Balaban J connectivity index is 1.92. The number of benzene rings is 1. The van der Waals surface area contributed by atoms with Crippen molar-refractivity contribution in [2.75, 3.05) is 5.32 Å². The van der Waals surface area contributed by atoms with Crippen molar-refractivity contribution in [3.05, 3.63) is 75.3 Å². The van der Waals surface area contributed by atoms with E-state index in [1.165, 1.54) is 18.3 Å². The number of carbonyl (C=O) groups is 2. The zero-order valence-corrected chi connectivity index (χ0v) is 24.0. The van der Waals surface area contributed by atoms with Crippen LogP contribution in [-0.4, -0.2) is 37.6 Å². The summed E-state index contributed by atoms with van der Waals surface area (Å²) in [5.74, 6) is -1.53. The Labute approximate surface area is 240 Å². The summed E-state index contributed by atoms with van der Waals surface area (Å²) in [6.45, 7) is 9.36. The van der Waals surface area contributed by atoms with Crippen LogP contribution in [0.1, 0.15) is 77.5 Å². The predicted molar refractivity (Wildman–Crippen MR) is 152 cm³/mol. The monoisotopic (exact) mass is 586 g/mol.